The molecule has 1 amide bonds. The minimum absolute atomic E-state index is 0.241. The lowest BCUT2D eigenvalue weighted by molar-refractivity contribution is -0.136. The van der Waals surface area contributed by atoms with Crippen LogP contribution in [0.2, 0.25) is 0 Å². The second-order valence-electron chi connectivity index (χ2n) is 10.8. The Morgan fingerprint density at radius 2 is 1.23 bits per heavy atom. The van der Waals surface area contributed by atoms with Crippen LogP contribution < -0.4 is 0 Å². The van der Waals surface area contributed by atoms with E-state index in [0.29, 0.717) is 5.91 Å². The second kappa shape index (κ2) is 16.1. The first-order valence-corrected chi connectivity index (χ1v) is 13.4. The van der Waals surface area contributed by atoms with Crippen molar-refractivity contribution in [2.45, 2.75) is 104 Å². The van der Waals surface area contributed by atoms with E-state index in [4.69, 9.17) is 0 Å². The number of hydrogen-bond donors (Lipinski definition) is 0. The summed E-state index contributed by atoms with van der Waals surface area (Å²) in [5.41, 5.74) is 0.241. The van der Waals surface area contributed by atoms with Gasteiger partial charge in [0.15, 0.2) is 0 Å². The lowest BCUT2D eigenvalue weighted by Gasteiger charge is -2.44. The van der Waals surface area contributed by atoms with Crippen molar-refractivity contribution in [3.8, 4) is 0 Å². The number of carbonyl (C=O) groups is 1. The highest BCUT2D eigenvalue weighted by molar-refractivity contribution is 5.77. The quantitative estimate of drug-likeness (QED) is 0.277. The lowest BCUT2D eigenvalue weighted by Crippen LogP contribution is -2.42. The van der Waals surface area contributed by atoms with Crippen LogP contribution in [0.3, 0.4) is 0 Å². The molecule has 0 spiro atoms. The molecule has 0 aliphatic heterocycles. The third-order valence-electron chi connectivity index (χ3n) is 7.45. The average Bonchev–Trinajstić information content (AvgIpc) is 2.74. The molecular formula is C27H55N3O. The molecule has 184 valence electrons. The van der Waals surface area contributed by atoms with Crippen LogP contribution in [0.1, 0.15) is 104 Å². The summed E-state index contributed by atoms with van der Waals surface area (Å²) in [6.45, 7) is 8.54. The van der Waals surface area contributed by atoms with Gasteiger partial charge in [0.1, 0.15) is 0 Å². The van der Waals surface area contributed by atoms with Crippen molar-refractivity contribution in [3.63, 3.8) is 0 Å². The van der Waals surface area contributed by atoms with Crippen LogP contribution in [0.15, 0.2) is 0 Å². The van der Waals surface area contributed by atoms with E-state index < -0.39 is 0 Å². The van der Waals surface area contributed by atoms with Gasteiger partial charge in [-0.25, -0.2) is 0 Å². The van der Waals surface area contributed by atoms with Crippen LogP contribution in [0.4, 0.5) is 0 Å². The van der Waals surface area contributed by atoms with Gasteiger partial charge < -0.3 is 14.7 Å². The van der Waals surface area contributed by atoms with Gasteiger partial charge in [0, 0.05) is 19.5 Å². The molecule has 0 heterocycles. The normalized spacial score (nSPS) is 15.7. The van der Waals surface area contributed by atoms with E-state index >= 15 is 0 Å². The van der Waals surface area contributed by atoms with Gasteiger partial charge in [0.2, 0.25) is 5.91 Å². The molecule has 4 heteroatoms. The fraction of sp³-hybridized carbons (Fsp3) is 0.963. The predicted molar refractivity (Wildman–Crippen MR) is 136 cm³/mol. The summed E-state index contributed by atoms with van der Waals surface area (Å²) < 4.78 is 0. The maximum atomic E-state index is 13.8. The number of unbranched alkanes of at least 4 members (excludes halogenated alkanes) is 2. The average molecular weight is 438 g/mol. The van der Waals surface area contributed by atoms with Gasteiger partial charge in [-0.15, -0.1) is 0 Å². The van der Waals surface area contributed by atoms with Gasteiger partial charge in [0.05, 0.1) is 0 Å². The Hall–Kier alpha value is -0.610. The Labute approximate surface area is 195 Å². The van der Waals surface area contributed by atoms with Crippen molar-refractivity contribution in [1.29, 1.82) is 0 Å². The molecule has 0 radical (unpaired) electrons. The summed E-state index contributed by atoms with van der Waals surface area (Å²) in [5, 5.41) is 0. The van der Waals surface area contributed by atoms with Crippen LogP contribution in [0, 0.1) is 11.3 Å². The molecule has 0 aromatic heterocycles. The maximum absolute atomic E-state index is 13.8. The van der Waals surface area contributed by atoms with Crippen molar-refractivity contribution in [3.05, 3.63) is 0 Å². The highest BCUT2D eigenvalue weighted by atomic mass is 16.2. The highest BCUT2D eigenvalue weighted by Crippen LogP contribution is 2.48. The summed E-state index contributed by atoms with van der Waals surface area (Å²) in [7, 11) is 8.51. The molecule has 0 unspecified atom stereocenters. The van der Waals surface area contributed by atoms with Crippen molar-refractivity contribution in [2.75, 3.05) is 54.4 Å². The van der Waals surface area contributed by atoms with E-state index in [1.807, 2.05) is 0 Å². The first-order valence-electron chi connectivity index (χ1n) is 13.4. The van der Waals surface area contributed by atoms with Crippen LogP contribution in [0.25, 0.3) is 0 Å². The summed E-state index contributed by atoms with van der Waals surface area (Å²) in [6, 6.07) is 0. The zero-order valence-electron chi connectivity index (χ0n) is 22.1. The van der Waals surface area contributed by atoms with Gasteiger partial charge in [0.25, 0.3) is 0 Å². The molecule has 0 bridgehead atoms. The van der Waals surface area contributed by atoms with Crippen molar-refractivity contribution in [2.24, 2.45) is 11.3 Å². The Morgan fingerprint density at radius 1 is 0.742 bits per heavy atom. The van der Waals surface area contributed by atoms with E-state index in [2.05, 4.69) is 56.7 Å². The number of rotatable bonds is 17. The molecule has 0 N–H and O–H groups in total. The summed E-state index contributed by atoms with van der Waals surface area (Å²) in [5.74, 6) is 1.20. The minimum Gasteiger partial charge on any atom is -0.343 e. The predicted octanol–water partition coefficient (Wildman–Crippen LogP) is 6.06. The van der Waals surface area contributed by atoms with Crippen molar-refractivity contribution < 1.29 is 4.79 Å². The number of amides is 1. The standard InChI is InChI=1S/C27H55N3O/c1-7-9-18-27(19-10-8-2,25-16-12-11-13-17-25)24-26(31)30(22-14-20-28(3)4)23-15-21-29(5)6/h25H,7-24H2,1-6H3. The zero-order valence-corrected chi connectivity index (χ0v) is 22.1. The van der Waals surface area contributed by atoms with Crippen LogP contribution in [0.5, 0.6) is 0 Å². The molecule has 0 atom stereocenters. The monoisotopic (exact) mass is 437 g/mol. The Balaban J connectivity index is 2.97. The fourth-order valence-corrected chi connectivity index (χ4v) is 5.56. The first-order chi connectivity index (χ1) is 14.8. The minimum atomic E-state index is 0.241. The van der Waals surface area contributed by atoms with Crippen LogP contribution in [-0.2, 0) is 4.79 Å². The third-order valence-corrected chi connectivity index (χ3v) is 7.45. The molecule has 0 aromatic carbocycles. The lowest BCUT2D eigenvalue weighted by atomic mass is 9.62. The molecule has 1 saturated carbocycles. The SMILES string of the molecule is CCCCC(CCCC)(CC(=O)N(CCCN(C)C)CCCN(C)C)C1CCCCC1. The first kappa shape index (κ1) is 28.4. The summed E-state index contributed by atoms with van der Waals surface area (Å²) >= 11 is 0. The topological polar surface area (TPSA) is 26.8 Å². The largest absolute Gasteiger partial charge is 0.343 e. The molecule has 31 heavy (non-hydrogen) atoms. The van der Waals surface area contributed by atoms with E-state index in [1.54, 1.807) is 0 Å². The Kier molecular flexibility index (Phi) is 14.7. The molecular weight excluding hydrogens is 382 g/mol. The highest BCUT2D eigenvalue weighted by Gasteiger charge is 2.40. The Bertz CT molecular complexity index is 435. The van der Waals surface area contributed by atoms with Crippen molar-refractivity contribution in [1.82, 2.24) is 14.7 Å². The summed E-state index contributed by atoms with van der Waals surface area (Å²) in [4.78, 5) is 20.5. The van der Waals surface area contributed by atoms with Gasteiger partial charge in [-0.3, -0.25) is 4.79 Å². The van der Waals surface area contributed by atoms with Gasteiger partial charge >= 0.3 is 0 Å². The summed E-state index contributed by atoms with van der Waals surface area (Å²) in [6.07, 6.45) is 17.3. The van der Waals surface area contributed by atoms with E-state index in [1.165, 1.54) is 70.6 Å². The number of hydrogen-bond acceptors (Lipinski definition) is 3. The van der Waals surface area contributed by atoms with E-state index in [0.717, 1.165) is 51.4 Å². The fourth-order valence-electron chi connectivity index (χ4n) is 5.56. The maximum Gasteiger partial charge on any atom is 0.223 e. The zero-order chi connectivity index (χ0) is 23.1. The molecule has 0 aromatic rings. The smallest absolute Gasteiger partial charge is 0.223 e. The molecule has 0 saturated heterocycles. The van der Waals surface area contributed by atoms with Gasteiger partial charge in [-0.05, 0) is 91.1 Å². The second-order valence-corrected chi connectivity index (χ2v) is 10.8. The molecule has 1 rings (SSSR count). The molecule has 1 fully saturated rings. The number of nitrogens with zero attached hydrogens (tertiary/aromatic N) is 3. The van der Waals surface area contributed by atoms with Crippen LogP contribution in [-0.4, -0.2) is 75.0 Å². The van der Waals surface area contributed by atoms with Crippen LogP contribution >= 0.6 is 0 Å². The van der Waals surface area contributed by atoms with E-state index in [-0.39, 0.29) is 5.41 Å². The Morgan fingerprint density at radius 3 is 1.65 bits per heavy atom. The van der Waals surface area contributed by atoms with Gasteiger partial charge in [-0.2, -0.15) is 0 Å². The van der Waals surface area contributed by atoms with E-state index in [9.17, 15) is 4.79 Å². The molecule has 4 nitrogen and oxygen atoms in total. The van der Waals surface area contributed by atoms with Gasteiger partial charge in [-0.1, -0.05) is 58.8 Å². The third kappa shape index (κ3) is 11.2. The molecule has 1 aliphatic rings. The molecule has 1 aliphatic carbocycles. The van der Waals surface area contributed by atoms with Crippen molar-refractivity contribution >= 4 is 5.91 Å². The number of carbonyl (C=O) groups excluding carboxylic acids is 1.